The summed E-state index contributed by atoms with van der Waals surface area (Å²) in [6.07, 6.45) is 8.39. The second kappa shape index (κ2) is 13.6. The van der Waals surface area contributed by atoms with Gasteiger partial charge in [0.05, 0.1) is 31.6 Å². The molecule has 0 aliphatic heterocycles. The van der Waals surface area contributed by atoms with E-state index in [2.05, 4.69) is 38.1 Å². The summed E-state index contributed by atoms with van der Waals surface area (Å²) in [6.45, 7) is 1.43. The monoisotopic (exact) mass is 543 g/mol. The van der Waals surface area contributed by atoms with Crippen LogP contribution in [0.5, 0.6) is 0 Å². The topological polar surface area (TPSA) is 192 Å². The molecule has 2 aromatic heterocycles. The Kier molecular flexibility index (Phi) is 10.3. The molecule has 13 heteroatoms. The fraction of sp³-hybridized carbons (Fsp3) is 0.462. The highest BCUT2D eigenvalue weighted by Crippen LogP contribution is 2.27. The van der Waals surface area contributed by atoms with Gasteiger partial charge in [-0.15, -0.1) is 10.2 Å². The van der Waals surface area contributed by atoms with E-state index in [1.54, 1.807) is 0 Å². The third-order valence-corrected chi connectivity index (χ3v) is 6.23. The number of rotatable bonds is 11. The van der Waals surface area contributed by atoms with Gasteiger partial charge in [0.1, 0.15) is 0 Å². The van der Waals surface area contributed by atoms with E-state index in [4.69, 9.17) is 24.8 Å². The first-order valence-corrected chi connectivity index (χ1v) is 12.5. The lowest BCUT2D eigenvalue weighted by atomic mass is 9.96. The quantitative estimate of drug-likeness (QED) is 0.277. The average Bonchev–Trinajstić information content (AvgIpc) is 3.54. The van der Waals surface area contributed by atoms with Crippen molar-refractivity contribution in [1.29, 1.82) is 0 Å². The zero-order chi connectivity index (χ0) is 28.4. The molecule has 210 valence electrons. The van der Waals surface area contributed by atoms with Crippen molar-refractivity contribution in [2.45, 2.75) is 69.7 Å². The standard InChI is InChI=1S/C20H25N5O.C6H8O7/c1-24(13-16-12-21-25(14-16)18-10-6-3-7-11-18)15-19-22-23-20(26-19)17-8-4-2-5-9-17;7-3(8)1-6(13,5(11)12)2-4(9)10/h2,4-5,8-9,12,14,18H,3,6-7,10-11,13,15H2,1H3;13H,1-2H2,(H,7,8)(H,9,10)(H,11,12). The van der Waals surface area contributed by atoms with E-state index in [1.165, 1.54) is 37.7 Å². The molecule has 4 N–H and O–H groups in total. The van der Waals surface area contributed by atoms with Crippen LogP contribution >= 0.6 is 0 Å². The predicted octanol–water partition coefficient (Wildman–Crippen LogP) is 2.82. The number of carboxylic acid groups (broad SMARTS) is 3. The van der Waals surface area contributed by atoms with E-state index < -0.39 is 36.4 Å². The van der Waals surface area contributed by atoms with Crippen LogP contribution in [-0.2, 0) is 27.5 Å². The zero-order valence-corrected chi connectivity index (χ0v) is 21.6. The molecule has 0 atom stereocenters. The van der Waals surface area contributed by atoms with Crippen molar-refractivity contribution >= 4 is 17.9 Å². The first-order valence-electron chi connectivity index (χ1n) is 12.5. The largest absolute Gasteiger partial charge is 0.481 e. The van der Waals surface area contributed by atoms with Crippen molar-refractivity contribution in [3.05, 3.63) is 54.2 Å². The maximum absolute atomic E-state index is 10.3. The Morgan fingerprint density at radius 3 is 2.23 bits per heavy atom. The molecular weight excluding hydrogens is 510 g/mol. The lowest BCUT2D eigenvalue weighted by Crippen LogP contribution is -2.42. The maximum Gasteiger partial charge on any atom is 0.336 e. The number of aromatic nitrogens is 4. The van der Waals surface area contributed by atoms with Gasteiger partial charge in [-0.25, -0.2) is 4.79 Å². The Bertz CT molecular complexity index is 1220. The average molecular weight is 544 g/mol. The van der Waals surface area contributed by atoms with Gasteiger partial charge in [-0.05, 0) is 32.0 Å². The minimum Gasteiger partial charge on any atom is -0.481 e. The van der Waals surface area contributed by atoms with Gasteiger partial charge in [0.15, 0.2) is 5.60 Å². The van der Waals surface area contributed by atoms with Crippen molar-refractivity contribution in [3.63, 3.8) is 0 Å². The van der Waals surface area contributed by atoms with Gasteiger partial charge in [0, 0.05) is 23.9 Å². The van der Waals surface area contributed by atoms with Crippen LogP contribution in [0.2, 0.25) is 0 Å². The van der Waals surface area contributed by atoms with Crippen molar-refractivity contribution < 1.29 is 39.2 Å². The molecule has 0 bridgehead atoms. The number of carboxylic acids is 3. The Balaban J connectivity index is 0.000000276. The number of aliphatic hydroxyl groups is 1. The Morgan fingerprint density at radius 1 is 1.00 bits per heavy atom. The summed E-state index contributed by atoms with van der Waals surface area (Å²) in [7, 11) is 2.06. The number of carbonyl (C=O) groups is 3. The predicted molar refractivity (Wildman–Crippen MR) is 136 cm³/mol. The van der Waals surface area contributed by atoms with E-state index in [0.717, 1.165) is 12.1 Å². The molecule has 2 heterocycles. The lowest BCUT2D eigenvalue weighted by Gasteiger charge is -2.21. The molecule has 0 radical (unpaired) electrons. The first kappa shape index (κ1) is 29.5. The minimum atomic E-state index is -2.74. The van der Waals surface area contributed by atoms with E-state index in [9.17, 15) is 14.4 Å². The maximum atomic E-state index is 10.3. The zero-order valence-electron chi connectivity index (χ0n) is 21.6. The van der Waals surface area contributed by atoms with Gasteiger partial charge in [0.2, 0.25) is 11.8 Å². The summed E-state index contributed by atoms with van der Waals surface area (Å²) in [6, 6.07) is 10.4. The van der Waals surface area contributed by atoms with Crippen LogP contribution in [0.25, 0.3) is 11.5 Å². The van der Waals surface area contributed by atoms with E-state index in [0.29, 0.717) is 24.4 Å². The minimum absolute atomic E-state index is 0.569. The van der Waals surface area contributed by atoms with Gasteiger partial charge < -0.3 is 24.8 Å². The Morgan fingerprint density at radius 2 is 1.64 bits per heavy atom. The molecule has 4 rings (SSSR count). The summed E-state index contributed by atoms with van der Waals surface area (Å²) < 4.78 is 7.95. The summed E-state index contributed by atoms with van der Waals surface area (Å²) in [5, 5.41) is 46.7. The van der Waals surface area contributed by atoms with Gasteiger partial charge in [-0.1, -0.05) is 37.5 Å². The third-order valence-electron chi connectivity index (χ3n) is 6.23. The second-order valence-corrected chi connectivity index (χ2v) is 9.64. The molecule has 1 aromatic carbocycles. The number of hydrogen-bond donors (Lipinski definition) is 4. The molecule has 1 aliphatic carbocycles. The summed E-state index contributed by atoms with van der Waals surface area (Å²) in [5.74, 6) is -3.82. The molecule has 1 saturated carbocycles. The molecule has 39 heavy (non-hydrogen) atoms. The molecule has 1 fully saturated rings. The smallest absolute Gasteiger partial charge is 0.336 e. The fourth-order valence-electron chi connectivity index (χ4n) is 4.33. The second-order valence-electron chi connectivity index (χ2n) is 9.64. The summed E-state index contributed by atoms with van der Waals surface area (Å²) in [5.41, 5.74) is -0.568. The van der Waals surface area contributed by atoms with Crippen molar-refractivity contribution in [2.24, 2.45) is 0 Å². The Labute approximate surface area is 224 Å². The van der Waals surface area contributed by atoms with Crippen LogP contribution < -0.4 is 0 Å². The number of hydrogen-bond acceptors (Lipinski definition) is 9. The van der Waals surface area contributed by atoms with Gasteiger partial charge >= 0.3 is 17.9 Å². The highest BCUT2D eigenvalue weighted by molar-refractivity contribution is 5.88. The van der Waals surface area contributed by atoms with Crippen LogP contribution in [0.3, 0.4) is 0 Å². The highest BCUT2D eigenvalue weighted by atomic mass is 16.4. The molecule has 0 amide bonds. The molecule has 0 saturated heterocycles. The summed E-state index contributed by atoms with van der Waals surface area (Å²) >= 11 is 0. The number of nitrogens with zero attached hydrogens (tertiary/aromatic N) is 5. The SMILES string of the molecule is CN(Cc1cnn(C2CCCCC2)c1)Cc1nnc(-c2ccccc2)o1.O=C(O)CC(O)(CC(=O)O)C(=O)O. The number of aliphatic carboxylic acids is 3. The lowest BCUT2D eigenvalue weighted by molar-refractivity contribution is -0.170. The van der Waals surface area contributed by atoms with Crippen LogP contribution in [0.1, 0.15) is 62.4 Å². The summed E-state index contributed by atoms with van der Waals surface area (Å²) in [4.78, 5) is 32.7. The molecule has 13 nitrogen and oxygen atoms in total. The van der Waals surface area contributed by atoms with Crippen LogP contribution in [0.15, 0.2) is 47.1 Å². The van der Waals surface area contributed by atoms with Crippen molar-refractivity contribution in [1.82, 2.24) is 24.9 Å². The van der Waals surface area contributed by atoms with Crippen molar-refractivity contribution in [3.8, 4) is 11.5 Å². The third kappa shape index (κ3) is 9.00. The molecule has 1 aliphatic rings. The Hall–Kier alpha value is -4.10. The number of benzene rings is 1. The fourth-order valence-corrected chi connectivity index (χ4v) is 4.33. The molecular formula is C26H33N5O8. The van der Waals surface area contributed by atoms with Gasteiger partial charge in [-0.2, -0.15) is 5.10 Å². The van der Waals surface area contributed by atoms with Gasteiger partial charge in [0.25, 0.3) is 0 Å². The first-order chi connectivity index (χ1) is 18.6. The van der Waals surface area contributed by atoms with E-state index in [-0.39, 0.29) is 0 Å². The molecule has 0 unspecified atom stereocenters. The van der Waals surface area contributed by atoms with E-state index >= 15 is 0 Å². The van der Waals surface area contributed by atoms with Crippen LogP contribution in [-0.4, -0.2) is 75.9 Å². The van der Waals surface area contributed by atoms with Crippen LogP contribution in [0, 0.1) is 0 Å². The van der Waals surface area contributed by atoms with E-state index in [1.807, 2.05) is 36.5 Å². The van der Waals surface area contributed by atoms with Crippen molar-refractivity contribution in [2.75, 3.05) is 7.05 Å². The van der Waals surface area contributed by atoms with Crippen LogP contribution in [0.4, 0.5) is 0 Å². The van der Waals surface area contributed by atoms with Gasteiger partial charge in [-0.3, -0.25) is 19.2 Å². The highest BCUT2D eigenvalue weighted by Gasteiger charge is 2.40. The molecule has 0 spiro atoms. The normalized spacial score (nSPS) is 14.0. The molecule has 3 aromatic rings.